The Hall–Kier alpha value is -3.07. The van der Waals surface area contributed by atoms with Crippen LogP contribution in [0.1, 0.15) is 81.4 Å². The summed E-state index contributed by atoms with van der Waals surface area (Å²) < 4.78 is 5.48. The summed E-state index contributed by atoms with van der Waals surface area (Å²) in [6.45, 7) is 6.66. The van der Waals surface area contributed by atoms with Gasteiger partial charge in [-0.3, -0.25) is 0 Å². The molecule has 0 amide bonds. The van der Waals surface area contributed by atoms with Crippen molar-refractivity contribution < 1.29 is 9.53 Å². The van der Waals surface area contributed by atoms with Crippen molar-refractivity contribution in [3.05, 3.63) is 83.4 Å². The van der Waals surface area contributed by atoms with Crippen LogP contribution in [0.5, 0.6) is 0 Å². The molecule has 1 atom stereocenters. The van der Waals surface area contributed by atoms with E-state index in [1.54, 1.807) is 0 Å². The molecule has 1 aliphatic carbocycles. The smallest absolute Gasteiger partial charge is 0.329 e. The van der Waals surface area contributed by atoms with Crippen molar-refractivity contribution in [1.29, 1.82) is 0 Å². The molecule has 1 aliphatic heterocycles. The van der Waals surface area contributed by atoms with Gasteiger partial charge in [0.05, 0.1) is 6.61 Å². The highest BCUT2D eigenvalue weighted by Crippen LogP contribution is 2.41. The number of rotatable bonds is 6. The zero-order chi connectivity index (χ0) is 24.4. The lowest BCUT2D eigenvalue weighted by molar-refractivity contribution is -0.144. The third-order valence-corrected chi connectivity index (χ3v) is 7.78. The fourth-order valence-electron chi connectivity index (χ4n) is 5.78. The summed E-state index contributed by atoms with van der Waals surface area (Å²) in [4.78, 5) is 15.1. The van der Waals surface area contributed by atoms with Crippen LogP contribution in [0.4, 0.5) is 11.4 Å². The van der Waals surface area contributed by atoms with Crippen LogP contribution in [-0.2, 0) is 16.0 Å². The van der Waals surface area contributed by atoms with Crippen molar-refractivity contribution in [2.45, 2.75) is 77.2 Å². The lowest BCUT2D eigenvalue weighted by atomic mass is 9.83. The lowest BCUT2D eigenvalue weighted by Gasteiger charge is -2.26. The van der Waals surface area contributed by atoms with Crippen LogP contribution in [0.2, 0.25) is 0 Å². The number of hydrogen-bond donors (Lipinski definition) is 0. The van der Waals surface area contributed by atoms with E-state index in [-0.39, 0.29) is 12.0 Å². The molecule has 0 bridgehead atoms. The van der Waals surface area contributed by atoms with E-state index in [1.165, 1.54) is 59.9 Å². The fraction of sp³-hybridized carbons (Fsp3) is 0.406. The minimum atomic E-state index is -0.334. The zero-order valence-electron chi connectivity index (χ0n) is 21.3. The van der Waals surface area contributed by atoms with Crippen LogP contribution in [-0.4, -0.2) is 18.6 Å². The number of fused-ring (bicyclic) bond motifs is 1. The SMILES string of the molecule is CCOC(=O)C1Cc2cc(-c3ccc(C4CCCCC4)cc3)ccc2N1c1ccc(C(C)C)cc1. The van der Waals surface area contributed by atoms with Crippen molar-refractivity contribution in [3.8, 4) is 11.1 Å². The van der Waals surface area contributed by atoms with Crippen LogP contribution in [0.15, 0.2) is 66.7 Å². The predicted molar refractivity (Wildman–Crippen MR) is 144 cm³/mol. The molecule has 3 aromatic rings. The Labute approximate surface area is 210 Å². The normalized spacial score (nSPS) is 18.1. The molecule has 3 heteroatoms. The average molecular weight is 468 g/mol. The molecule has 1 saturated carbocycles. The van der Waals surface area contributed by atoms with Crippen LogP contribution >= 0.6 is 0 Å². The highest BCUT2D eigenvalue weighted by Gasteiger charge is 2.36. The summed E-state index contributed by atoms with van der Waals surface area (Å²) in [6.07, 6.45) is 7.40. The van der Waals surface area contributed by atoms with E-state index in [9.17, 15) is 4.79 Å². The molecule has 3 nitrogen and oxygen atoms in total. The molecule has 1 heterocycles. The van der Waals surface area contributed by atoms with Crippen molar-refractivity contribution in [1.82, 2.24) is 0 Å². The summed E-state index contributed by atoms with van der Waals surface area (Å²) in [7, 11) is 0. The van der Waals surface area contributed by atoms with E-state index in [0.29, 0.717) is 18.9 Å². The highest BCUT2D eigenvalue weighted by molar-refractivity contribution is 5.89. The summed E-state index contributed by atoms with van der Waals surface area (Å²) in [5.41, 5.74) is 8.56. The Morgan fingerprint density at radius 2 is 1.60 bits per heavy atom. The Bertz CT molecular complexity index is 1160. The molecule has 0 aromatic heterocycles. The molecule has 0 spiro atoms. The van der Waals surface area contributed by atoms with Gasteiger partial charge in [0.2, 0.25) is 0 Å². The fourth-order valence-corrected chi connectivity index (χ4v) is 5.78. The van der Waals surface area contributed by atoms with Crippen LogP contribution in [0.3, 0.4) is 0 Å². The predicted octanol–water partition coefficient (Wildman–Crippen LogP) is 8.15. The first kappa shape index (κ1) is 23.7. The molecule has 35 heavy (non-hydrogen) atoms. The van der Waals surface area contributed by atoms with Crippen molar-refractivity contribution in [2.75, 3.05) is 11.5 Å². The van der Waals surface area contributed by atoms with E-state index in [4.69, 9.17) is 4.74 Å². The molecule has 0 radical (unpaired) electrons. The zero-order valence-corrected chi connectivity index (χ0v) is 21.3. The van der Waals surface area contributed by atoms with Gasteiger partial charge in [0.1, 0.15) is 6.04 Å². The Balaban J connectivity index is 1.44. The number of benzene rings is 3. The molecular formula is C32H37NO2. The summed E-state index contributed by atoms with van der Waals surface area (Å²) in [6, 6.07) is 24.1. The second kappa shape index (κ2) is 10.3. The van der Waals surface area contributed by atoms with Gasteiger partial charge < -0.3 is 9.64 Å². The van der Waals surface area contributed by atoms with Gasteiger partial charge in [-0.1, -0.05) is 75.6 Å². The average Bonchev–Trinajstić information content (AvgIpc) is 3.28. The lowest BCUT2D eigenvalue weighted by Crippen LogP contribution is -2.36. The number of esters is 1. The van der Waals surface area contributed by atoms with Crippen molar-refractivity contribution in [2.24, 2.45) is 0 Å². The summed E-state index contributed by atoms with van der Waals surface area (Å²) >= 11 is 0. The van der Waals surface area contributed by atoms with Crippen LogP contribution in [0, 0.1) is 0 Å². The number of nitrogens with zero attached hydrogens (tertiary/aromatic N) is 1. The van der Waals surface area contributed by atoms with E-state index in [2.05, 4.69) is 85.5 Å². The number of carbonyl (C=O) groups excluding carboxylic acids is 1. The van der Waals surface area contributed by atoms with E-state index in [0.717, 1.165) is 17.3 Å². The number of ether oxygens (including phenoxy) is 1. The van der Waals surface area contributed by atoms with Gasteiger partial charge in [-0.05, 0) is 83.7 Å². The molecule has 5 rings (SSSR count). The summed E-state index contributed by atoms with van der Waals surface area (Å²) in [5.74, 6) is 1.04. The van der Waals surface area contributed by atoms with Crippen molar-refractivity contribution >= 4 is 17.3 Å². The van der Waals surface area contributed by atoms with Crippen molar-refractivity contribution in [3.63, 3.8) is 0 Å². The third-order valence-electron chi connectivity index (χ3n) is 7.78. The molecule has 2 aliphatic rings. The Morgan fingerprint density at radius 1 is 0.914 bits per heavy atom. The van der Waals surface area contributed by atoms with Gasteiger partial charge in [0.15, 0.2) is 0 Å². The quantitative estimate of drug-likeness (QED) is 0.343. The van der Waals surface area contributed by atoms with Gasteiger partial charge in [-0.2, -0.15) is 0 Å². The Kier molecular flexibility index (Phi) is 6.95. The molecular weight excluding hydrogens is 430 g/mol. The van der Waals surface area contributed by atoms with E-state index >= 15 is 0 Å². The number of carbonyl (C=O) groups is 1. The third kappa shape index (κ3) is 4.87. The highest BCUT2D eigenvalue weighted by atomic mass is 16.5. The second-order valence-electron chi connectivity index (χ2n) is 10.4. The number of hydrogen-bond acceptors (Lipinski definition) is 3. The van der Waals surface area contributed by atoms with Gasteiger partial charge in [-0.15, -0.1) is 0 Å². The molecule has 3 aromatic carbocycles. The summed E-state index contributed by atoms with van der Waals surface area (Å²) in [5, 5.41) is 0. The molecule has 0 saturated heterocycles. The van der Waals surface area contributed by atoms with Crippen LogP contribution in [0.25, 0.3) is 11.1 Å². The maximum Gasteiger partial charge on any atom is 0.329 e. The first-order valence-electron chi connectivity index (χ1n) is 13.3. The minimum Gasteiger partial charge on any atom is -0.464 e. The van der Waals surface area contributed by atoms with E-state index < -0.39 is 0 Å². The Morgan fingerprint density at radius 3 is 2.26 bits per heavy atom. The van der Waals surface area contributed by atoms with Gasteiger partial charge >= 0.3 is 5.97 Å². The first-order valence-corrected chi connectivity index (χ1v) is 13.3. The van der Waals surface area contributed by atoms with Gasteiger partial charge in [0, 0.05) is 17.8 Å². The monoisotopic (exact) mass is 467 g/mol. The largest absolute Gasteiger partial charge is 0.464 e. The first-order chi connectivity index (χ1) is 17.0. The van der Waals surface area contributed by atoms with E-state index in [1.807, 2.05) is 6.92 Å². The molecule has 0 N–H and O–H groups in total. The molecule has 1 fully saturated rings. The molecule has 1 unspecified atom stereocenters. The van der Waals surface area contributed by atoms with Crippen LogP contribution < -0.4 is 4.90 Å². The maximum atomic E-state index is 13.0. The van der Waals surface area contributed by atoms with Gasteiger partial charge in [0.25, 0.3) is 0 Å². The standard InChI is InChI=1S/C32H37NO2/c1-4-35-32(34)31-21-28-20-27(26-12-10-25(11-13-26)24-8-6-5-7-9-24)16-19-30(28)33(31)29-17-14-23(15-18-29)22(2)3/h10-20,22,24,31H,4-9,21H2,1-3H3. The number of anilines is 2. The minimum absolute atomic E-state index is 0.157. The van der Waals surface area contributed by atoms with Gasteiger partial charge in [-0.25, -0.2) is 4.79 Å². The second-order valence-corrected chi connectivity index (χ2v) is 10.4. The topological polar surface area (TPSA) is 29.5 Å². The maximum absolute atomic E-state index is 13.0. The molecule has 182 valence electrons.